The van der Waals surface area contributed by atoms with Gasteiger partial charge in [0.2, 0.25) is 0 Å². The van der Waals surface area contributed by atoms with E-state index in [0.29, 0.717) is 18.6 Å². The summed E-state index contributed by atoms with van der Waals surface area (Å²) in [4.78, 5) is 26.7. The molecule has 1 aromatic heterocycles. The number of hydrogen-bond acceptors (Lipinski definition) is 7. The van der Waals surface area contributed by atoms with E-state index in [0.717, 1.165) is 32.0 Å². The molecule has 1 aromatic carbocycles. The van der Waals surface area contributed by atoms with Gasteiger partial charge in [-0.1, -0.05) is 30.3 Å². The Kier molecular flexibility index (Phi) is 9.58. The molecular weight excluding hydrogens is 438 g/mol. The zero-order chi connectivity index (χ0) is 24.4. The SMILES string of the molecule is COCCn1ccnc1CNC1C2CN3CCN(C2)CC1(c1ccccc1)C3.O=CO.O=CO. The molecule has 0 aliphatic carbocycles. The van der Waals surface area contributed by atoms with Crippen LogP contribution in [-0.4, -0.2) is 102 Å². The largest absolute Gasteiger partial charge is 0.483 e. The molecule has 0 radical (unpaired) electrons. The van der Waals surface area contributed by atoms with Gasteiger partial charge in [0, 0.05) is 82.7 Å². The summed E-state index contributed by atoms with van der Waals surface area (Å²) >= 11 is 0. The van der Waals surface area contributed by atoms with Gasteiger partial charge in [-0.3, -0.25) is 9.59 Å². The number of methoxy groups -OCH3 is 1. The van der Waals surface area contributed by atoms with E-state index in [9.17, 15) is 0 Å². The van der Waals surface area contributed by atoms with Crippen LogP contribution < -0.4 is 5.32 Å². The van der Waals surface area contributed by atoms with E-state index >= 15 is 0 Å². The number of aromatic nitrogens is 2. The van der Waals surface area contributed by atoms with Crippen molar-refractivity contribution < 1.29 is 24.5 Å². The summed E-state index contributed by atoms with van der Waals surface area (Å²) < 4.78 is 7.46. The van der Waals surface area contributed by atoms with Crippen LogP contribution in [0.25, 0.3) is 0 Å². The van der Waals surface area contributed by atoms with E-state index in [1.54, 1.807) is 7.11 Å². The average molecular weight is 474 g/mol. The molecule has 6 rings (SSSR count). The van der Waals surface area contributed by atoms with Gasteiger partial charge in [-0.05, 0) is 5.56 Å². The quantitative estimate of drug-likeness (QED) is 0.496. The first-order chi connectivity index (χ1) is 16.6. The Hall–Kier alpha value is -2.79. The van der Waals surface area contributed by atoms with Gasteiger partial charge in [0.05, 0.1) is 13.2 Å². The number of ether oxygens (including phenoxy) is 1. The number of imidazole rings is 1. The van der Waals surface area contributed by atoms with Crippen molar-refractivity contribution in [1.82, 2.24) is 24.7 Å². The van der Waals surface area contributed by atoms with Crippen LogP contribution in [0.5, 0.6) is 0 Å². The summed E-state index contributed by atoms with van der Waals surface area (Å²) in [6.45, 7) is 9.02. The van der Waals surface area contributed by atoms with Gasteiger partial charge in [0.15, 0.2) is 0 Å². The molecule has 3 N–H and O–H groups in total. The molecule has 10 nitrogen and oxygen atoms in total. The van der Waals surface area contributed by atoms with Gasteiger partial charge in [0.25, 0.3) is 12.9 Å². The van der Waals surface area contributed by atoms with Crippen LogP contribution in [0.15, 0.2) is 42.7 Å². The predicted octanol–water partition coefficient (Wildman–Crippen LogP) is 0.588. The normalized spacial score (nSPS) is 28.6. The molecule has 34 heavy (non-hydrogen) atoms. The molecule has 0 spiro atoms. The van der Waals surface area contributed by atoms with Crippen LogP contribution >= 0.6 is 0 Å². The molecular formula is C24H35N5O5. The fourth-order valence-electron chi connectivity index (χ4n) is 5.78. The van der Waals surface area contributed by atoms with Crippen molar-refractivity contribution in [3.05, 3.63) is 54.1 Å². The molecule has 4 bridgehead atoms. The van der Waals surface area contributed by atoms with E-state index in [2.05, 4.69) is 61.2 Å². The van der Waals surface area contributed by atoms with Gasteiger partial charge in [-0.15, -0.1) is 0 Å². The van der Waals surface area contributed by atoms with Crippen LogP contribution in [0.3, 0.4) is 0 Å². The molecule has 4 saturated heterocycles. The van der Waals surface area contributed by atoms with Crippen molar-refractivity contribution in [2.24, 2.45) is 5.92 Å². The number of benzene rings is 1. The van der Waals surface area contributed by atoms with Gasteiger partial charge >= 0.3 is 0 Å². The summed E-state index contributed by atoms with van der Waals surface area (Å²) in [6.07, 6.45) is 3.96. The highest BCUT2D eigenvalue weighted by molar-refractivity contribution is 5.33. The highest BCUT2D eigenvalue weighted by atomic mass is 16.5. The van der Waals surface area contributed by atoms with Crippen molar-refractivity contribution in [1.29, 1.82) is 0 Å². The van der Waals surface area contributed by atoms with Crippen molar-refractivity contribution >= 4 is 12.9 Å². The molecule has 0 saturated carbocycles. The Morgan fingerprint density at radius 1 is 1.12 bits per heavy atom. The fourth-order valence-corrected chi connectivity index (χ4v) is 5.78. The smallest absolute Gasteiger partial charge is 0.290 e. The lowest BCUT2D eigenvalue weighted by Gasteiger charge is -2.56. The number of fused-ring (bicyclic) bond motifs is 1. The minimum atomic E-state index is -0.250. The average Bonchev–Trinajstić information content (AvgIpc) is 3.14. The first-order valence-electron chi connectivity index (χ1n) is 11.5. The predicted molar refractivity (Wildman–Crippen MR) is 127 cm³/mol. The van der Waals surface area contributed by atoms with Gasteiger partial charge in [-0.2, -0.15) is 0 Å². The van der Waals surface area contributed by atoms with Crippen LogP contribution in [0.1, 0.15) is 11.4 Å². The highest BCUT2D eigenvalue weighted by Crippen LogP contribution is 2.43. The van der Waals surface area contributed by atoms with Crippen molar-refractivity contribution in [2.45, 2.75) is 24.5 Å². The standard InChI is InChI=1S/C22H31N5O.2CH2O2/c1-28-12-11-27-8-7-23-20(27)13-24-21-18-14-25-9-10-26(15-18)17-22(21,16-25)19-5-3-2-4-6-19;2*2-1-3/h2-8,18,21,24H,9-17H2,1H3;2*1H,(H,2,3). The maximum absolute atomic E-state index is 8.36. The highest BCUT2D eigenvalue weighted by Gasteiger charge is 2.54. The van der Waals surface area contributed by atoms with Crippen LogP contribution in [0.2, 0.25) is 0 Å². The third kappa shape index (κ3) is 5.82. The lowest BCUT2D eigenvalue weighted by molar-refractivity contribution is -0.123. The van der Waals surface area contributed by atoms with E-state index in [1.807, 2.05) is 6.20 Å². The Labute approximate surface area is 200 Å². The summed E-state index contributed by atoms with van der Waals surface area (Å²) in [5, 5.41) is 17.8. The Balaban J connectivity index is 0.000000492. The van der Waals surface area contributed by atoms with Crippen LogP contribution in [-0.2, 0) is 32.8 Å². The minimum absolute atomic E-state index is 0.156. The van der Waals surface area contributed by atoms with Gasteiger partial charge in [0.1, 0.15) is 5.82 Å². The molecule has 3 unspecified atom stereocenters. The Morgan fingerprint density at radius 3 is 2.32 bits per heavy atom. The minimum Gasteiger partial charge on any atom is -0.483 e. The monoisotopic (exact) mass is 473 g/mol. The third-order valence-corrected chi connectivity index (χ3v) is 6.96. The van der Waals surface area contributed by atoms with Crippen LogP contribution in [0, 0.1) is 5.92 Å². The lowest BCUT2D eigenvalue weighted by Crippen LogP contribution is -2.70. The number of carboxylic acid groups (broad SMARTS) is 2. The maximum Gasteiger partial charge on any atom is 0.290 e. The van der Waals surface area contributed by atoms with Gasteiger partial charge in [-0.25, -0.2) is 4.98 Å². The number of rotatable bonds is 7. The molecule has 3 atom stereocenters. The number of carbonyl (C=O) groups is 2. The van der Waals surface area contributed by atoms with Crippen molar-refractivity contribution in [3.63, 3.8) is 0 Å². The molecule has 0 amide bonds. The zero-order valence-electron chi connectivity index (χ0n) is 19.6. The van der Waals surface area contributed by atoms with E-state index in [-0.39, 0.29) is 18.4 Å². The first-order valence-corrected chi connectivity index (χ1v) is 11.5. The second kappa shape index (κ2) is 12.6. The van der Waals surface area contributed by atoms with Gasteiger partial charge < -0.3 is 34.6 Å². The van der Waals surface area contributed by atoms with Crippen molar-refractivity contribution in [3.8, 4) is 0 Å². The summed E-state index contributed by atoms with van der Waals surface area (Å²) in [7, 11) is 1.75. The molecule has 4 aliphatic rings. The summed E-state index contributed by atoms with van der Waals surface area (Å²) in [6, 6.07) is 11.7. The molecule has 5 heterocycles. The summed E-state index contributed by atoms with van der Waals surface area (Å²) in [5.74, 6) is 1.76. The Morgan fingerprint density at radius 2 is 1.74 bits per heavy atom. The zero-order valence-corrected chi connectivity index (χ0v) is 19.6. The fraction of sp³-hybridized carbons (Fsp3) is 0.542. The molecule has 4 fully saturated rings. The Bertz CT molecular complexity index is 871. The number of hydrogen-bond donors (Lipinski definition) is 3. The second-order valence-corrected chi connectivity index (χ2v) is 8.85. The van der Waals surface area contributed by atoms with E-state index < -0.39 is 0 Å². The molecule has 2 aromatic rings. The molecule has 4 aliphatic heterocycles. The number of nitrogens with zero attached hydrogens (tertiary/aromatic N) is 4. The van der Waals surface area contributed by atoms with E-state index in [4.69, 9.17) is 24.5 Å². The second-order valence-electron chi connectivity index (χ2n) is 8.85. The maximum atomic E-state index is 8.36. The summed E-state index contributed by atoms with van der Waals surface area (Å²) in [5.41, 5.74) is 1.64. The van der Waals surface area contributed by atoms with Crippen molar-refractivity contribution in [2.75, 3.05) is 53.0 Å². The topological polar surface area (TPSA) is 120 Å². The third-order valence-electron chi connectivity index (χ3n) is 6.96. The van der Waals surface area contributed by atoms with E-state index in [1.165, 1.54) is 31.7 Å². The number of nitrogens with one attached hydrogen (secondary N) is 1. The number of piperidine rings is 2. The lowest BCUT2D eigenvalue weighted by atomic mass is 9.64. The van der Waals surface area contributed by atoms with Crippen LogP contribution in [0.4, 0.5) is 0 Å². The molecule has 10 heteroatoms. The molecule has 186 valence electrons. The first kappa shape index (κ1) is 25.8.